The average molecular weight is 273 g/mol. The van der Waals surface area contributed by atoms with Gasteiger partial charge in [0.25, 0.3) is 0 Å². The standard InChI is InChI=1S/C12H16N2O3.ClH/c1-7(13)12(15)14-8(2)9-3-4-10-11(5-9)17-6-16-10;/h3-5,7-8H,6,13H2,1-2H3,(H,14,15);1H/t7-,8?;/m1./s1. The van der Waals surface area contributed by atoms with Gasteiger partial charge in [-0.1, -0.05) is 6.07 Å². The summed E-state index contributed by atoms with van der Waals surface area (Å²) in [5, 5.41) is 2.83. The van der Waals surface area contributed by atoms with Crippen molar-refractivity contribution in [2.24, 2.45) is 5.73 Å². The topological polar surface area (TPSA) is 73.6 Å². The first-order valence-corrected chi connectivity index (χ1v) is 5.53. The molecular weight excluding hydrogens is 256 g/mol. The lowest BCUT2D eigenvalue weighted by Gasteiger charge is -2.16. The van der Waals surface area contributed by atoms with E-state index in [0.29, 0.717) is 5.75 Å². The zero-order chi connectivity index (χ0) is 12.4. The van der Waals surface area contributed by atoms with Crippen LogP contribution in [0.3, 0.4) is 0 Å². The van der Waals surface area contributed by atoms with Crippen LogP contribution in [0.2, 0.25) is 0 Å². The molecule has 1 aliphatic rings. The molecule has 1 amide bonds. The van der Waals surface area contributed by atoms with Crippen LogP contribution in [0.25, 0.3) is 0 Å². The van der Waals surface area contributed by atoms with Gasteiger partial charge in [0.15, 0.2) is 11.5 Å². The number of rotatable bonds is 3. The number of nitrogens with one attached hydrogen (secondary N) is 1. The third kappa shape index (κ3) is 3.05. The van der Waals surface area contributed by atoms with E-state index in [0.717, 1.165) is 11.3 Å². The second-order valence-corrected chi connectivity index (χ2v) is 4.13. The molecule has 0 fully saturated rings. The molecule has 0 spiro atoms. The quantitative estimate of drug-likeness (QED) is 0.871. The van der Waals surface area contributed by atoms with E-state index in [9.17, 15) is 4.79 Å². The Morgan fingerprint density at radius 2 is 2.00 bits per heavy atom. The van der Waals surface area contributed by atoms with E-state index in [2.05, 4.69) is 5.32 Å². The molecule has 1 unspecified atom stereocenters. The van der Waals surface area contributed by atoms with E-state index in [-0.39, 0.29) is 31.1 Å². The van der Waals surface area contributed by atoms with Gasteiger partial charge in [-0.2, -0.15) is 0 Å². The van der Waals surface area contributed by atoms with Gasteiger partial charge in [-0.3, -0.25) is 4.79 Å². The van der Waals surface area contributed by atoms with E-state index in [4.69, 9.17) is 15.2 Å². The van der Waals surface area contributed by atoms with Crippen LogP contribution >= 0.6 is 12.4 Å². The second kappa shape index (κ2) is 5.93. The maximum absolute atomic E-state index is 11.5. The van der Waals surface area contributed by atoms with Crippen LogP contribution < -0.4 is 20.5 Å². The molecule has 0 saturated heterocycles. The van der Waals surface area contributed by atoms with Gasteiger partial charge in [0.05, 0.1) is 12.1 Å². The number of halogens is 1. The maximum atomic E-state index is 11.5. The van der Waals surface area contributed by atoms with Gasteiger partial charge in [-0.15, -0.1) is 12.4 Å². The number of carbonyl (C=O) groups is 1. The van der Waals surface area contributed by atoms with Gasteiger partial charge in [0.2, 0.25) is 12.7 Å². The van der Waals surface area contributed by atoms with E-state index in [1.165, 1.54) is 0 Å². The van der Waals surface area contributed by atoms with Crippen molar-refractivity contribution in [2.45, 2.75) is 25.9 Å². The summed E-state index contributed by atoms with van der Waals surface area (Å²) >= 11 is 0. The van der Waals surface area contributed by atoms with Crippen molar-refractivity contribution >= 4 is 18.3 Å². The van der Waals surface area contributed by atoms with Crippen molar-refractivity contribution < 1.29 is 14.3 Å². The lowest BCUT2D eigenvalue weighted by atomic mass is 10.1. The third-order valence-corrected chi connectivity index (χ3v) is 2.67. The minimum Gasteiger partial charge on any atom is -0.454 e. The summed E-state index contributed by atoms with van der Waals surface area (Å²) in [4.78, 5) is 11.5. The Morgan fingerprint density at radius 3 is 2.67 bits per heavy atom. The van der Waals surface area contributed by atoms with Gasteiger partial charge in [-0.25, -0.2) is 0 Å². The maximum Gasteiger partial charge on any atom is 0.237 e. The Kier molecular flexibility index (Phi) is 4.81. The normalized spacial score (nSPS) is 15.5. The highest BCUT2D eigenvalue weighted by Crippen LogP contribution is 2.34. The lowest BCUT2D eigenvalue weighted by molar-refractivity contribution is -0.122. The van der Waals surface area contributed by atoms with Crippen LogP contribution in [-0.2, 0) is 4.79 Å². The molecule has 0 radical (unpaired) electrons. The molecule has 0 aromatic heterocycles. The fraction of sp³-hybridized carbons (Fsp3) is 0.417. The summed E-state index contributed by atoms with van der Waals surface area (Å²) in [5.41, 5.74) is 6.46. The number of hydrogen-bond acceptors (Lipinski definition) is 4. The predicted molar refractivity (Wildman–Crippen MR) is 70.0 cm³/mol. The number of nitrogens with two attached hydrogens (primary N) is 1. The molecule has 1 heterocycles. The van der Waals surface area contributed by atoms with Crippen LogP contribution in [0.15, 0.2) is 18.2 Å². The molecule has 6 heteroatoms. The smallest absolute Gasteiger partial charge is 0.237 e. The molecule has 0 bridgehead atoms. The Hall–Kier alpha value is -1.46. The third-order valence-electron chi connectivity index (χ3n) is 2.67. The lowest BCUT2D eigenvalue weighted by Crippen LogP contribution is -2.39. The molecule has 5 nitrogen and oxygen atoms in total. The number of ether oxygens (including phenoxy) is 2. The van der Waals surface area contributed by atoms with Crippen molar-refractivity contribution in [3.05, 3.63) is 23.8 Å². The monoisotopic (exact) mass is 272 g/mol. The highest BCUT2D eigenvalue weighted by Gasteiger charge is 2.17. The van der Waals surface area contributed by atoms with Crippen LogP contribution in [0.5, 0.6) is 11.5 Å². The molecule has 1 aromatic rings. The van der Waals surface area contributed by atoms with E-state index in [1.54, 1.807) is 6.92 Å². The van der Waals surface area contributed by atoms with Crippen molar-refractivity contribution in [3.8, 4) is 11.5 Å². The molecule has 3 N–H and O–H groups in total. The van der Waals surface area contributed by atoms with E-state index < -0.39 is 6.04 Å². The Morgan fingerprint density at radius 1 is 1.33 bits per heavy atom. The summed E-state index contributed by atoms with van der Waals surface area (Å²) in [5.74, 6) is 1.28. The Labute approximate surface area is 112 Å². The molecule has 1 aromatic carbocycles. The van der Waals surface area contributed by atoms with Gasteiger partial charge < -0.3 is 20.5 Å². The van der Waals surface area contributed by atoms with Crippen molar-refractivity contribution in [2.75, 3.05) is 6.79 Å². The van der Waals surface area contributed by atoms with Crippen LogP contribution in [0.1, 0.15) is 25.5 Å². The number of fused-ring (bicyclic) bond motifs is 1. The number of hydrogen-bond donors (Lipinski definition) is 2. The SMILES string of the molecule is CC(NC(=O)[C@@H](C)N)c1ccc2c(c1)OCO2.Cl. The first-order chi connectivity index (χ1) is 8.08. The van der Waals surface area contributed by atoms with Crippen molar-refractivity contribution in [1.82, 2.24) is 5.32 Å². The molecule has 2 atom stereocenters. The van der Waals surface area contributed by atoms with Crippen LogP contribution in [0.4, 0.5) is 0 Å². The van der Waals surface area contributed by atoms with Gasteiger partial charge >= 0.3 is 0 Å². The van der Waals surface area contributed by atoms with Crippen molar-refractivity contribution in [1.29, 1.82) is 0 Å². The average Bonchev–Trinajstić information content (AvgIpc) is 2.75. The molecule has 0 aliphatic carbocycles. The van der Waals surface area contributed by atoms with Crippen LogP contribution in [0, 0.1) is 0 Å². The highest BCUT2D eigenvalue weighted by atomic mass is 35.5. The summed E-state index contributed by atoms with van der Waals surface area (Å²) in [7, 11) is 0. The summed E-state index contributed by atoms with van der Waals surface area (Å²) in [6, 6.07) is 5.00. The number of amides is 1. The van der Waals surface area contributed by atoms with Gasteiger partial charge in [-0.05, 0) is 31.5 Å². The minimum absolute atomic E-state index is 0. The first-order valence-electron chi connectivity index (χ1n) is 5.53. The predicted octanol–water partition coefficient (Wildman–Crippen LogP) is 1.36. The fourth-order valence-corrected chi connectivity index (χ4v) is 1.61. The molecule has 18 heavy (non-hydrogen) atoms. The first kappa shape index (κ1) is 14.6. The summed E-state index contributed by atoms with van der Waals surface area (Å²) < 4.78 is 10.5. The van der Waals surface area contributed by atoms with Crippen LogP contribution in [-0.4, -0.2) is 18.7 Å². The second-order valence-electron chi connectivity index (χ2n) is 4.13. The minimum atomic E-state index is -0.508. The summed E-state index contributed by atoms with van der Waals surface area (Å²) in [6.45, 7) is 3.80. The van der Waals surface area contributed by atoms with Crippen molar-refractivity contribution in [3.63, 3.8) is 0 Å². The molecule has 100 valence electrons. The van der Waals surface area contributed by atoms with E-state index >= 15 is 0 Å². The fourth-order valence-electron chi connectivity index (χ4n) is 1.61. The van der Waals surface area contributed by atoms with Gasteiger partial charge in [0, 0.05) is 0 Å². The number of benzene rings is 1. The molecular formula is C12H17ClN2O3. The van der Waals surface area contributed by atoms with E-state index in [1.807, 2.05) is 25.1 Å². The molecule has 1 aliphatic heterocycles. The summed E-state index contributed by atoms with van der Waals surface area (Å²) in [6.07, 6.45) is 0. The Balaban J connectivity index is 0.00000162. The highest BCUT2D eigenvalue weighted by molar-refractivity contribution is 5.85. The zero-order valence-corrected chi connectivity index (χ0v) is 11.1. The molecule has 2 rings (SSSR count). The largest absolute Gasteiger partial charge is 0.454 e. The zero-order valence-electron chi connectivity index (χ0n) is 10.3. The Bertz CT molecular complexity index is 437. The molecule has 0 saturated carbocycles. The van der Waals surface area contributed by atoms with Gasteiger partial charge in [0.1, 0.15) is 0 Å². The number of carbonyl (C=O) groups excluding carboxylic acids is 1.